The number of aryl methyl sites for hydroxylation is 1. The second-order valence-electron chi connectivity index (χ2n) is 5.82. The maximum absolute atomic E-state index is 9.66. The Kier molecular flexibility index (Phi) is 4.32. The molecule has 4 nitrogen and oxygen atoms in total. The van der Waals surface area contributed by atoms with Crippen LogP contribution in [0.2, 0.25) is 0 Å². The Hall–Kier alpha value is -1.26. The number of fused-ring (bicyclic) bond motifs is 1. The lowest BCUT2D eigenvalue weighted by Gasteiger charge is -2.21. The molecule has 1 aliphatic heterocycles. The average molecular weight is 265 g/mol. The zero-order chi connectivity index (χ0) is 13.9. The number of rotatable bonds is 6. The van der Waals surface area contributed by atoms with E-state index in [0.29, 0.717) is 19.4 Å². The summed E-state index contributed by atoms with van der Waals surface area (Å²) in [7, 11) is 0. The van der Waals surface area contributed by atoms with Crippen LogP contribution in [-0.4, -0.2) is 30.1 Å². The normalized spacial score (nSPS) is 15.6. The summed E-state index contributed by atoms with van der Waals surface area (Å²) in [4.78, 5) is 0. The highest BCUT2D eigenvalue weighted by Gasteiger charge is 2.15. The van der Waals surface area contributed by atoms with Crippen LogP contribution in [0.4, 0.5) is 0 Å². The molecular weight excluding hydrogens is 242 g/mol. The molecule has 0 saturated heterocycles. The molecule has 1 atom stereocenters. The number of hydrogen-bond acceptors (Lipinski definition) is 4. The molecule has 0 radical (unpaired) electrons. The smallest absolute Gasteiger partial charge is 0.231 e. The maximum atomic E-state index is 9.66. The third kappa shape index (κ3) is 4.40. The van der Waals surface area contributed by atoms with Crippen molar-refractivity contribution in [2.24, 2.45) is 0 Å². The van der Waals surface area contributed by atoms with Crippen LogP contribution in [0.15, 0.2) is 18.2 Å². The van der Waals surface area contributed by atoms with Crippen molar-refractivity contribution in [2.75, 3.05) is 13.3 Å². The van der Waals surface area contributed by atoms with Gasteiger partial charge < -0.3 is 19.9 Å². The van der Waals surface area contributed by atoms with Gasteiger partial charge >= 0.3 is 0 Å². The summed E-state index contributed by atoms with van der Waals surface area (Å²) in [6.07, 6.45) is 2.01. The van der Waals surface area contributed by atoms with Gasteiger partial charge in [-0.25, -0.2) is 0 Å². The first-order valence-corrected chi connectivity index (χ1v) is 6.78. The molecule has 0 aromatic heterocycles. The number of ether oxygens (including phenoxy) is 2. The lowest BCUT2D eigenvalue weighted by molar-refractivity contribution is 0.0767. The Balaban J connectivity index is 1.79. The largest absolute Gasteiger partial charge is 0.454 e. The van der Waals surface area contributed by atoms with Crippen molar-refractivity contribution in [1.82, 2.24) is 5.32 Å². The van der Waals surface area contributed by atoms with E-state index in [1.54, 1.807) is 0 Å². The Morgan fingerprint density at radius 3 is 2.79 bits per heavy atom. The van der Waals surface area contributed by atoms with E-state index in [4.69, 9.17) is 9.47 Å². The van der Waals surface area contributed by atoms with Gasteiger partial charge in [-0.1, -0.05) is 6.07 Å². The number of benzene rings is 1. The first-order valence-electron chi connectivity index (χ1n) is 6.78. The highest BCUT2D eigenvalue weighted by Crippen LogP contribution is 2.32. The predicted octanol–water partition coefficient (Wildman–Crippen LogP) is 2.10. The monoisotopic (exact) mass is 265 g/mol. The van der Waals surface area contributed by atoms with Crippen LogP contribution in [0, 0.1) is 0 Å². The van der Waals surface area contributed by atoms with Crippen LogP contribution in [0.25, 0.3) is 0 Å². The lowest BCUT2D eigenvalue weighted by Crippen LogP contribution is -2.39. The highest BCUT2D eigenvalue weighted by atomic mass is 16.7. The fourth-order valence-electron chi connectivity index (χ4n) is 2.01. The van der Waals surface area contributed by atoms with E-state index in [-0.39, 0.29) is 0 Å². The average Bonchev–Trinajstić information content (AvgIpc) is 2.80. The van der Waals surface area contributed by atoms with Crippen molar-refractivity contribution in [3.05, 3.63) is 23.8 Å². The van der Waals surface area contributed by atoms with Gasteiger partial charge in [-0.15, -0.1) is 0 Å². The summed E-state index contributed by atoms with van der Waals surface area (Å²) in [6, 6.07) is 6.46. The van der Waals surface area contributed by atoms with Gasteiger partial charge in [-0.2, -0.15) is 0 Å². The molecule has 4 heteroatoms. The zero-order valence-corrected chi connectivity index (χ0v) is 11.9. The van der Waals surface area contributed by atoms with E-state index >= 15 is 0 Å². The molecule has 0 spiro atoms. The summed E-state index contributed by atoms with van der Waals surface area (Å²) in [5.41, 5.74) is 0.591. The van der Waals surface area contributed by atoms with Gasteiger partial charge in [0.2, 0.25) is 6.79 Å². The van der Waals surface area contributed by atoms with Gasteiger partial charge in [0, 0.05) is 12.6 Å². The summed E-state index contributed by atoms with van der Waals surface area (Å²) < 4.78 is 10.7. The van der Waals surface area contributed by atoms with Crippen LogP contribution in [0.3, 0.4) is 0 Å². The van der Waals surface area contributed by atoms with E-state index < -0.39 is 5.60 Å². The maximum Gasteiger partial charge on any atom is 0.231 e. The molecule has 2 rings (SSSR count). The Labute approximate surface area is 114 Å². The minimum atomic E-state index is -0.660. The van der Waals surface area contributed by atoms with Crippen LogP contribution in [0.1, 0.15) is 32.8 Å². The van der Waals surface area contributed by atoms with Crippen LogP contribution in [0.5, 0.6) is 11.5 Å². The van der Waals surface area contributed by atoms with Gasteiger partial charge in [0.05, 0.1) is 5.60 Å². The molecule has 106 valence electrons. The molecule has 0 fully saturated rings. The lowest BCUT2D eigenvalue weighted by atomic mass is 10.0. The molecule has 0 saturated carbocycles. The molecular formula is C15H23NO3. The minimum Gasteiger partial charge on any atom is -0.454 e. The van der Waals surface area contributed by atoms with E-state index in [2.05, 4.69) is 18.3 Å². The SMILES string of the molecule is CC(CCc1ccc2c(c1)OCO2)NCC(C)(C)O. The predicted molar refractivity (Wildman–Crippen MR) is 74.6 cm³/mol. The molecule has 0 aliphatic carbocycles. The van der Waals surface area contributed by atoms with Crippen molar-refractivity contribution < 1.29 is 14.6 Å². The second kappa shape index (κ2) is 5.80. The van der Waals surface area contributed by atoms with Gasteiger partial charge in [-0.05, 0) is 51.3 Å². The molecule has 1 aliphatic rings. The summed E-state index contributed by atoms with van der Waals surface area (Å²) >= 11 is 0. The highest BCUT2D eigenvalue weighted by molar-refractivity contribution is 5.44. The third-order valence-corrected chi connectivity index (χ3v) is 3.19. The molecule has 1 aromatic carbocycles. The topological polar surface area (TPSA) is 50.7 Å². The minimum absolute atomic E-state index is 0.322. The van der Waals surface area contributed by atoms with Crippen molar-refractivity contribution in [3.63, 3.8) is 0 Å². The van der Waals surface area contributed by atoms with Gasteiger partial charge in [0.1, 0.15) is 0 Å². The van der Waals surface area contributed by atoms with Crippen molar-refractivity contribution in [1.29, 1.82) is 0 Å². The summed E-state index contributed by atoms with van der Waals surface area (Å²) in [6.45, 7) is 6.69. The van der Waals surface area contributed by atoms with Gasteiger partial charge in [0.25, 0.3) is 0 Å². The molecule has 1 aromatic rings. The fraction of sp³-hybridized carbons (Fsp3) is 0.600. The summed E-state index contributed by atoms with van der Waals surface area (Å²) in [5.74, 6) is 1.67. The summed E-state index contributed by atoms with van der Waals surface area (Å²) in [5, 5.41) is 13.0. The molecule has 0 bridgehead atoms. The van der Waals surface area contributed by atoms with Gasteiger partial charge in [0.15, 0.2) is 11.5 Å². The van der Waals surface area contributed by atoms with Gasteiger partial charge in [-0.3, -0.25) is 0 Å². The Morgan fingerprint density at radius 2 is 2.05 bits per heavy atom. The Bertz CT molecular complexity index is 426. The van der Waals surface area contributed by atoms with Crippen molar-refractivity contribution in [2.45, 2.75) is 45.3 Å². The third-order valence-electron chi connectivity index (χ3n) is 3.19. The first kappa shape index (κ1) is 14.2. The van der Waals surface area contributed by atoms with E-state index in [1.165, 1.54) is 5.56 Å². The molecule has 0 amide bonds. The van der Waals surface area contributed by atoms with E-state index in [9.17, 15) is 5.11 Å². The van der Waals surface area contributed by atoms with Crippen LogP contribution >= 0.6 is 0 Å². The molecule has 2 N–H and O–H groups in total. The molecule has 1 unspecified atom stereocenters. The quantitative estimate of drug-likeness (QED) is 0.827. The van der Waals surface area contributed by atoms with Crippen molar-refractivity contribution >= 4 is 0 Å². The first-order chi connectivity index (χ1) is 8.94. The van der Waals surface area contributed by atoms with E-state index in [1.807, 2.05) is 26.0 Å². The fourth-order valence-corrected chi connectivity index (χ4v) is 2.01. The standard InChI is InChI=1S/C15H23NO3/c1-11(16-9-15(2,3)17)4-5-12-6-7-13-14(8-12)19-10-18-13/h6-8,11,16-17H,4-5,9-10H2,1-3H3. The Morgan fingerprint density at radius 1 is 1.32 bits per heavy atom. The van der Waals surface area contributed by atoms with Crippen LogP contribution < -0.4 is 14.8 Å². The van der Waals surface area contributed by atoms with Crippen molar-refractivity contribution in [3.8, 4) is 11.5 Å². The second-order valence-corrected chi connectivity index (χ2v) is 5.82. The molecule has 1 heterocycles. The van der Waals surface area contributed by atoms with E-state index in [0.717, 1.165) is 24.3 Å². The number of nitrogens with one attached hydrogen (secondary N) is 1. The molecule has 19 heavy (non-hydrogen) atoms. The van der Waals surface area contributed by atoms with Crippen LogP contribution in [-0.2, 0) is 6.42 Å². The number of hydrogen-bond donors (Lipinski definition) is 2. The number of aliphatic hydroxyl groups is 1. The zero-order valence-electron chi connectivity index (χ0n) is 11.9.